The Morgan fingerprint density at radius 3 is 2.41 bits per heavy atom. The topological polar surface area (TPSA) is 101 Å². The summed E-state index contributed by atoms with van der Waals surface area (Å²) in [5, 5.41) is 3.61. The first kappa shape index (κ1) is 26.5. The highest BCUT2D eigenvalue weighted by molar-refractivity contribution is 7.12. The lowest BCUT2D eigenvalue weighted by Crippen LogP contribution is -2.52. The van der Waals surface area contributed by atoms with E-state index < -0.39 is 47.9 Å². The number of nitrogens with zero attached hydrogens (tertiary/aromatic N) is 2. The second-order valence-electron chi connectivity index (χ2n) is 9.35. The van der Waals surface area contributed by atoms with Gasteiger partial charge in [-0.2, -0.15) is 5.01 Å². The Kier molecular flexibility index (Phi) is 7.45. The SMILES string of the molecule is CC1=CC[C@@H]2C(=O)N(N(CC(=O)c3ccc(OC(=O)c4cccs4)cc3)C(=O)c3ccccc3Cl)C(=O)[C@H]2C1. The van der Waals surface area contributed by atoms with Gasteiger partial charge in [-0.15, -0.1) is 11.3 Å². The average Bonchev–Trinajstić information content (AvgIpc) is 3.55. The first-order chi connectivity index (χ1) is 18.7. The number of benzene rings is 2. The third-order valence-corrected chi connectivity index (χ3v) is 7.96. The molecule has 1 aliphatic heterocycles. The number of fused-ring (bicyclic) bond motifs is 1. The van der Waals surface area contributed by atoms with Gasteiger partial charge in [0.05, 0.1) is 22.4 Å². The van der Waals surface area contributed by atoms with Gasteiger partial charge >= 0.3 is 5.97 Å². The van der Waals surface area contributed by atoms with Crippen LogP contribution in [0.25, 0.3) is 0 Å². The van der Waals surface area contributed by atoms with Crippen LogP contribution >= 0.6 is 22.9 Å². The Hall–Kier alpha value is -4.08. The Morgan fingerprint density at radius 1 is 1.00 bits per heavy atom. The normalized spacial score (nSPS) is 18.4. The molecule has 1 aromatic heterocycles. The predicted octanol–water partition coefficient (Wildman–Crippen LogP) is 5.20. The van der Waals surface area contributed by atoms with Gasteiger partial charge in [0.15, 0.2) is 5.78 Å². The lowest BCUT2D eigenvalue weighted by molar-refractivity contribution is -0.154. The summed E-state index contributed by atoms with van der Waals surface area (Å²) < 4.78 is 5.33. The maximum absolute atomic E-state index is 13.6. The molecule has 8 nitrogen and oxygen atoms in total. The fourth-order valence-electron chi connectivity index (χ4n) is 4.75. The third kappa shape index (κ3) is 5.28. The van der Waals surface area contributed by atoms with Crippen LogP contribution in [0.5, 0.6) is 5.75 Å². The molecule has 1 aliphatic carbocycles. The van der Waals surface area contributed by atoms with Gasteiger partial charge in [-0.3, -0.25) is 19.2 Å². The number of hydrogen-bond donors (Lipinski definition) is 0. The van der Waals surface area contributed by atoms with E-state index in [2.05, 4.69) is 0 Å². The summed E-state index contributed by atoms with van der Waals surface area (Å²) in [7, 11) is 0. The van der Waals surface area contributed by atoms with Gasteiger partial charge in [-0.1, -0.05) is 41.4 Å². The molecule has 0 N–H and O–H groups in total. The van der Waals surface area contributed by atoms with E-state index in [0.29, 0.717) is 17.7 Å². The lowest BCUT2D eigenvalue weighted by Gasteiger charge is -2.30. The molecule has 39 heavy (non-hydrogen) atoms. The van der Waals surface area contributed by atoms with Gasteiger partial charge in [-0.25, -0.2) is 9.80 Å². The van der Waals surface area contributed by atoms with E-state index >= 15 is 0 Å². The highest BCUT2D eigenvalue weighted by Gasteiger charge is 2.51. The second kappa shape index (κ2) is 11.0. The van der Waals surface area contributed by atoms with Crippen LogP contribution in [-0.2, 0) is 9.59 Å². The van der Waals surface area contributed by atoms with E-state index in [-0.39, 0.29) is 21.9 Å². The maximum atomic E-state index is 13.6. The van der Waals surface area contributed by atoms with Crippen molar-refractivity contribution >= 4 is 52.4 Å². The van der Waals surface area contributed by atoms with Crippen LogP contribution in [0.2, 0.25) is 5.02 Å². The number of rotatable bonds is 7. The molecule has 5 rings (SSSR count). The first-order valence-corrected chi connectivity index (χ1v) is 13.5. The number of carbonyl (C=O) groups is 5. The molecule has 10 heteroatoms. The monoisotopic (exact) mass is 562 g/mol. The summed E-state index contributed by atoms with van der Waals surface area (Å²) in [5.41, 5.74) is 1.27. The Labute approximate surface area is 233 Å². The quantitative estimate of drug-likeness (QED) is 0.129. The van der Waals surface area contributed by atoms with E-state index in [1.807, 2.05) is 13.0 Å². The molecule has 0 radical (unpaired) electrons. The second-order valence-corrected chi connectivity index (χ2v) is 10.7. The highest BCUT2D eigenvalue weighted by atomic mass is 35.5. The number of halogens is 1. The molecule has 1 fully saturated rings. The number of allylic oxidation sites excluding steroid dienone is 2. The van der Waals surface area contributed by atoms with Gasteiger partial charge in [0.25, 0.3) is 17.7 Å². The number of carbonyl (C=O) groups excluding carboxylic acids is 5. The maximum Gasteiger partial charge on any atom is 0.353 e. The molecular formula is C29H23ClN2O6S. The fraction of sp³-hybridized carbons (Fsp3) is 0.207. The smallest absolute Gasteiger partial charge is 0.353 e. The highest BCUT2D eigenvalue weighted by Crippen LogP contribution is 2.39. The standard InChI is InChI=1S/C29H23ClN2O6S/c1-17-8-13-20-22(15-17)28(36)32(27(20)35)31(26(34)21-5-2-3-6-23(21)30)16-24(33)18-9-11-19(12-10-18)38-29(37)25-7-4-14-39-25/h2-12,14,20,22H,13,15-16H2,1H3/t20-,22-/m0/s1. The summed E-state index contributed by atoms with van der Waals surface area (Å²) in [4.78, 5) is 66.4. The van der Waals surface area contributed by atoms with Crippen LogP contribution < -0.4 is 4.74 Å². The van der Waals surface area contributed by atoms with E-state index in [1.54, 1.807) is 29.6 Å². The molecule has 0 bridgehead atoms. The number of hydrazine groups is 1. The first-order valence-electron chi connectivity index (χ1n) is 12.2. The Morgan fingerprint density at radius 2 is 1.72 bits per heavy atom. The molecule has 0 spiro atoms. The van der Waals surface area contributed by atoms with Crippen LogP contribution in [-0.4, -0.2) is 46.0 Å². The summed E-state index contributed by atoms with van der Waals surface area (Å²) >= 11 is 7.51. The van der Waals surface area contributed by atoms with Crippen molar-refractivity contribution in [3.8, 4) is 5.75 Å². The summed E-state index contributed by atoms with van der Waals surface area (Å²) in [5.74, 6) is -3.73. The van der Waals surface area contributed by atoms with E-state index in [0.717, 1.165) is 15.6 Å². The zero-order valence-electron chi connectivity index (χ0n) is 20.8. The molecule has 2 aromatic carbocycles. The minimum atomic E-state index is -0.736. The van der Waals surface area contributed by atoms with Crippen LogP contribution in [0.15, 0.2) is 77.7 Å². The number of esters is 1. The van der Waals surface area contributed by atoms with Crippen LogP contribution in [0.1, 0.15) is 50.2 Å². The minimum Gasteiger partial charge on any atom is -0.422 e. The molecule has 3 amide bonds. The Bertz CT molecular complexity index is 1500. The van der Waals surface area contributed by atoms with Crippen molar-refractivity contribution in [1.29, 1.82) is 0 Å². The lowest BCUT2D eigenvalue weighted by atomic mass is 9.82. The zero-order chi connectivity index (χ0) is 27.7. The van der Waals surface area contributed by atoms with E-state index in [1.165, 1.54) is 47.7 Å². The largest absolute Gasteiger partial charge is 0.422 e. The molecule has 0 unspecified atom stereocenters. The van der Waals surface area contributed by atoms with Crippen molar-refractivity contribution in [3.63, 3.8) is 0 Å². The summed E-state index contributed by atoms with van der Waals surface area (Å²) in [6.45, 7) is 1.33. The number of ether oxygens (including phenoxy) is 1. The predicted molar refractivity (Wildman–Crippen MR) is 144 cm³/mol. The number of amides is 3. The summed E-state index contributed by atoms with van der Waals surface area (Å²) in [6.07, 6.45) is 2.73. The summed E-state index contributed by atoms with van der Waals surface area (Å²) in [6, 6.07) is 15.5. The zero-order valence-corrected chi connectivity index (χ0v) is 22.4. The van der Waals surface area contributed by atoms with Crippen LogP contribution in [0, 0.1) is 11.8 Å². The average molecular weight is 563 g/mol. The molecule has 2 atom stereocenters. The molecule has 2 heterocycles. The molecule has 3 aromatic rings. The molecule has 198 valence electrons. The van der Waals surface area contributed by atoms with Crippen LogP contribution in [0.3, 0.4) is 0 Å². The van der Waals surface area contributed by atoms with Gasteiger partial charge in [0.2, 0.25) is 0 Å². The Balaban J connectivity index is 1.40. The molecule has 0 saturated carbocycles. The number of thiophene rings is 1. The van der Waals surface area contributed by atoms with Crippen molar-refractivity contribution in [2.45, 2.75) is 19.8 Å². The molecular weight excluding hydrogens is 540 g/mol. The van der Waals surface area contributed by atoms with Gasteiger partial charge in [0, 0.05) is 5.56 Å². The van der Waals surface area contributed by atoms with Crippen molar-refractivity contribution in [1.82, 2.24) is 10.0 Å². The van der Waals surface area contributed by atoms with Gasteiger partial charge < -0.3 is 4.74 Å². The number of Topliss-reactive ketones (excluding diaryl/α,β-unsaturated/α-hetero) is 1. The molecule has 2 aliphatic rings. The van der Waals surface area contributed by atoms with Crippen molar-refractivity contribution in [2.24, 2.45) is 11.8 Å². The van der Waals surface area contributed by atoms with Crippen molar-refractivity contribution in [2.75, 3.05) is 6.54 Å². The molecule has 1 saturated heterocycles. The third-order valence-electron chi connectivity index (χ3n) is 6.78. The number of ketones is 1. The minimum absolute atomic E-state index is 0.0626. The van der Waals surface area contributed by atoms with E-state index in [4.69, 9.17) is 16.3 Å². The van der Waals surface area contributed by atoms with Crippen molar-refractivity contribution in [3.05, 3.63) is 98.7 Å². The van der Waals surface area contributed by atoms with Crippen LogP contribution in [0.4, 0.5) is 0 Å². The number of imide groups is 1. The van der Waals surface area contributed by atoms with Gasteiger partial charge in [-0.05, 0) is 67.6 Å². The van der Waals surface area contributed by atoms with Crippen molar-refractivity contribution < 1.29 is 28.7 Å². The van der Waals surface area contributed by atoms with Gasteiger partial charge in [0.1, 0.15) is 17.2 Å². The fourth-order valence-corrected chi connectivity index (χ4v) is 5.57. The number of hydrogen-bond acceptors (Lipinski definition) is 7. The van der Waals surface area contributed by atoms with E-state index in [9.17, 15) is 24.0 Å².